The second kappa shape index (κ2) is 5.30. The van der Waals surface area contributed by atoms with Gasteiger partial charge in [-0.3, -0.25) is 11.3 Å². The topological polar surface area (TPSA) is 47.3 Å². The fourth-order valence-corrected chi connectivity index (χ4v) is 3.78. The lowest BCUT2D eigenvalue weighted by molar-refractivity contribution is -0.0778. The molecule has 4 heteroatoms. The van der Waals surface area contributed by atoms with Gasteiger partial charge in [-0.25, -0.2) is 0 Å². The number of rotatable bonds is 3. The van der Waals surface area contributed by atoms with Crippen molar-refractivity contribution in [2.24, 2.45) is 11.8 Å². The standard InChI is InChI=1S/C16H25ClN2O/c1-10-6-7-11(13(17)8-10)14(19-18)12-9-15(2,3)20-16(12,4)5/h6-8,12,14,19H,9,18H2,1-5H3. The van der Waals surface area contributed by atoms with Gasteiger partial charge in [-0.2, -0.15) is 0 Å². The van der Waals surface area contributed by atoms with Gasteiger partial charge >= 0.3 is 0 Å². The van der Waals surface area contributed by atoms with Crippen LogP contribution >= 0.6 is 11.6 Å². The molecule has 0 aliphatic carbocycles. The number of nitrogens with two attached hydrogens (primary N) is 1. The molecule has 1 aromatic carbocycles. The highest BCUT2D eigenvalue weighted by Gasteiger charge is 2.49. The van der Waals surface area contributed by atoms with E-state index in [1.54, 1.807) is 0 Å². The van der Waals surface area contributed by atoms with Gasteiger partial charge in [0.05, 0.1) is 17.2 Å². The summed E-state index contributed by atoms with van der Waals surface area (Å²) in [6.07, 6.45) is 0.944. The third-order valence-electron chi connectivity index (χ3n) is 4.22. The van der Waals surface area contributed by atoms with Gasteiger partial charge in [0.2, 0.25) is 0 Å². The minimum atomic E-state index is -0.241. The highest BCUT2D eigenvalue weighted by Crippen LogP contribution is 2.48. The number of halogens is 1. The molecular formula is C16H25ClN2O. The lowest BCUT2D eigenvalue weighted by atomic mass is 9.79. The highest BCUT2D eigenvalue weighted by atomic mass is 35.5. The molecular weight excluding hydrogens is 272 g/mol. The van der Waals surface area contributed by atoms with Crippen molar-refractivity contribution in [3.8, 4) is 0 Å². The van der Waals surface area contributed by atoms with E-state index >= 15 is 0 Å². The average molecular weight is 297 g/mol. The van der Waals surface area contributed by atoms with Crippen molar-refractivity contribution < 1.29 is 4.74 Å². The first-order valence-corrected chi connectivity index (χ1v) is 7.46. The lowest BCUT2D eigenvalue weighted by Gasteiger charge is -2.33. The first-order chi connectivity index (χ1) is 9.16. The van der Waals surface area contributed by atoms with E-state index < -0.39 is 0 Å². The molecule has 1 saturated heterocycles. The van der Waals surface area contributed by atoms with Gasteiger partial charge in [-0.05, 0) is 58.2 Å². The molecule has 20 heavy (non-hydrogen) atoms. The summed E-state index contributed by atoms with van der Waals surface area (Å²) >= 11 is 6.41. The van der Waals surface area contributed by atoms with Gasteiger partial charge in [0.15, 0.2) is 0 Å². The number of nitrogens with one attached hydrogen (secondary N) is 1. The molecule has 1 heterocycles. The van der Waals surface area contributed by atoms with E-state index in [9.17, 15) is 0 Å². The Labute approximate surface area is 126 Å². The molecule has 3 N–H and O–H groups in total. The van der Waals surface area contributed by atoms with Gasteiger partial charge in [-0.15, -0.1) is 0 Å². The Morgan fingerprint density at radius 1 is 1.35 bits per heavy atom. The van der Waals surface area contributed by atoms with Crippen molar-refractivity contribution in [1.29, 1.82) is 0 Å². The molecule has 1 aliphatic heterocycles. The monoisotopic (exact) mass is 296 g/mol. The van der Waals surface area contributed by atoms with E-state index in [1.165, 1.54) is 0 Å². The SMILES string of the molecule is Cc1ccc(C(NN)C2CC(C)(C)OC2(C)C)c(Cl)c1. The summed E-state index contributed by atoms with van der Waals surface area (Å²) in [5, 5.41) is 0.758. The molecule has 0 radical (unpaired) electrons. The molecule has 112 valence electrons. The van der Waals surface area contributed by atoms with Crippen LogP contribution in [0.5, 0.6) is 0 Å². The third-order valence-corrected chi connectivity index (χ3v) is 4.54. The Balaban J connectivity index is 2.37. The van der Waals surface area contributed by atoms with Gasteiger partial charge in [-0.1, -0.05) is 23.7 Å². The van der Waals surface area contributed by atoms with Crippen LogP contribution in [0.4, 0.5) is 0 Å². The van der Waals surface area contributed by atoms with Crippen LogP contribution in [0.2, 0.25) is 5.02 Å². The molecule has 1 aliphatic rings. The first kappa shape index (κ1) is 15.8. The molecule has 2 atom stereocenters. The molecule has 0 aromatic heterocycles. The van der Waals surface area contributed by atoms with Crippen LogP contribution in [-0.2, 0) is 4.74 Å². The fourth-order valence-electron chi connectivity index (χ4n) is 3.43. The normalized spacial score (nSPS) is 25.6. The molecule has 0 bridgehead atoms. The van der Waals surface area contributed by atoms with Gasteiger partial charge in [0, 0.05) is 10.9 Å². The Morgan fingerprint density at radius 3 is 2.45 bits per heavy atom. The zero-order valence-electron chi connectivity index (χ0n) is 13.0. The van der Waals surface area contributed by atoms with Crippen molar-refractivity contribution in [2.45, 2.75) is 58.3 Å². The summed E-state index contributed by atoms with van der Waals surface area (Å²) in [5.41, 5.74) is 4.76. The zero-order chi connectivity index (χ0) is 15.1. The van der Waals surface area contributed by atoms with Crippen molar-refractivity contribution in [3.63, 3.8) is 0 Å². The maximum Gasteiger partial charge on any atom is 0.0681 e. The van der Waals surface area contributed by atoms with Gasteiger partial charge in [0.25, 0.3) is 0 Å². The Hall–Kier alpha value is -0.610. The molecule has 3 nitrogen and oxygen atoms in total. The zero-order valence-corrected chi connectivity index (χ0v) is 13.7. The molecule has 1 aromatic rings. The quantitative estimate of drug-likeness (QED) is 0.660. The minimum Gasteiger partial charge on any atom is -0.369 e. The fraction of sp³-hybridized carbons (Fsp3) is 0.625. The summed E-state index contributed by atoms with van der Waals surface area (Å²) in [4.78, 5) is 0. The maximum atomic E-state index is 6.41. The molecule has 1 fully saturated rings. The summed E-state index contributed by atoms with van der Waals surface area (Å²) in [7, 11) is 0. The summed E-state index contributed by atoms with van der Waals surface area (Å²) in [6.45, 7) is 10.5. The van der Waals surface area contributed by atoms with E-state index in [1.807, 2.05) is 13.0 Å². The summed E-state index contributed by atoms with van der Waals surface area (Å²) < 4.78 is 6.18. The Morgan fingerprint density at radius 2 is 2.00 bits per heavy atom. The summed E-state index contributed by atoms with van der Waals surface area (Å²) in [5.74, 6) is 6.10. The largest absolute Gasteiger partial charge is 0.369 e. The van der Waals surface area contributed by atoms with Crippen LogP contribution in [0.3, 0.4) is 0 Å². The molecule has 0 saturated carbocycles. The Bertz CT molecular complexity index is 499. The van der Waals surface area contributed by atoms with Crippen LogP contribution in [0.25, 0.3) is 0 Å². The van der Waals surface area contributed by atoms with E-state index in [0.717, 1.165) is 22.6 Å². The van der Waals surface area contributed by atoms with Crippen molar-refractivity contribution in [1.82, 2.24) is 5.43 Å². The maximum absolute atomic E-state index is 6.41. The van der Waals surface area contributed by atoms with E-state index in [4.69, 9.17) is 22.2 Å². The van der Waals surface area contributed by atoms with Crippen LogP contribution in [0, 0.1) is 12.8 Å². The average Bonchev–Trinajstić information content (AvgIpc) is 2.51. The van der Waals surface area contributed by atoms with E-state index in [-0.39, 0.29) is 23.2 Å². The highest BCUT2D eigenvalue weighted by molar-refractivity contribution is 6.31. The number of hydrogen-bond acceptors (Lipinski definition) is 3. The Kier molecular flexibility index (Phi) is 4.18. The van der Waals surface area contributed by atoms with Crippen molar-refractivity contribution >= 4 is 11.6 Å². The van der Waals surface area contributed by atoms with Gasteiger partial charge in [0.1, 0.15) is 0 Å². The predicted octanol–water partition coefficient (Wildman–Crippen LogP) is 3.75. The van der Waals surface area contributed by atoms with Crippen molar-refractivity contribution in [3.05, 3.63) is 34.3 Å². The minimum absolute atomic E-state index is 0.0140. The number of hydrogen-bond donors (Lipinski definition) is 2. The molecule has 0 amide bonds. The number of benzene rings is 1. The molecule has 2 unspecified atom stereocenters. The first-order valence-electron chi connectivity index (χ1n) is 7.09. The third kappa shape index (κ3) is 3.01. The number of aryl methyl sites for hydroxylation is 1. The van der Waals surface area contributed by atoms with Crippen molar-refractivity contribution in [2.75, 3.05) is 0 Å². The number of hydrazine groups is 1. The summed E-state index contributed by atoms with van der Waals surface area (Å²) in [6, 6.07) is 6.10. The van der Waals surface area contributed by atoms with E-state index in [0.29, 0.717) is 0 Å². The van der Waals surface area contributed by atoms with Crippen LogP contribution in [-0.4, -0.2) is 11.2 Å². The predicted molar refractivity (Wildman–Crippen MR) is 83.6 cm³/mol. The van der Waals surface area contributed by atoms with Crippen LogP contribution in [0.15, 0.2) is 18.2 Å². The van der Waals surface area contributed by atoms with Crippen LogP contribution < -0.4 is 11.3 Å². The smallest absolute Gasteiger partial charge is 0.0681 e. The number of ether oxygens (including phenoxy) is 1. The molecule has 2 rings (SSSR count). The molecule has 0 spiro atoms. The second-order valence-corrected chi connectivity index (χ2v) is 7.35. The second-order valence-electron chi connectivity index (χ2n) is 6.95. The van der Waals surface area contributed by atoms with Crippen LogP contribution in [0.1, 0.15) is 51.3 Å². The lowest BCUT2D eigenvalue weighted by Crippen LogP contribution is -2.41. The van der Waals surface area contributed by atoms with E-state index in [2.05, 4.69) is 45.3 Å². The van der Waals surface area contributed by atoms with Gasteiger partial charge < -0.3 is 4.74 Å².